The van der Waals surface area contributed by atoms with Crippen molar-refractivity contribution < 1.29 is 18.6 Å². The van der Waals surface area contributed by atoms with E-state index in [0.29, 0.717) is 29.3 Å². The second-order valence-corrected chi connectivity index (χ2v) is 8.74. The summed E-state index contributed by atoms with van der Waals surface area (Å²) >= 11 is 0. The molecule has 1 aromatic heterocycles. The molecule has 4 aromatic carbocycles. The third-order valence-corrected chi connectivity index (χ3v) is 5.96. The first kappa shape index (κ1) is 23.5. The van der Waals surface area contributed by atoms with Gasteiger partial charge < -0.3 is 23.5 Å². The number of methoxy groups -OCH3 is 1. The predicted octanol–water partition coefficient (Wildman–Crippen LogP) is 6.35. The molecule has 0 saturated heterocycles. The van der Waals surface area contributed by atoms with E-state index in [1.165, 1.54) is 0 Å². The Morgan fingerprint density at radius 3 is 2.28 bits per heavy atom. The lowest BCUT2D eigenvalue weighted by Gasteiger charge is -2.15. The van der Waals surface area contributed by atoms with Crippen LogP contribution >= 0.6 is 0 Å². The number of fused-ring (bicyclic) bond motifs is 2. The first-order valence-electron chi connectivity index (χ1n) is 11.7. The molecular formula is C30H27NO5. The summed E-state index contributed by atoms with van der Waals surface area (Å²) in [7, 11) is 5.58. The number of hydrogen-bond acceptors (Lipinski definition) is 6. The molecule has 182 valence electrons. The van der Waals surface area contributed by atoms with Crippen molar-refractivity contribution in [2.24, 2.45) is 0 Å². The van der Waals surface area contributed by atoms with Gasteiger partial charge in [0.25, 0.3) is 0 Å². The van der Waals surface area contributed by atoms with E-state index < -0.39 is 5.63 Å². The zero-order valence-electron chi connectivity index (χ0n) is 20.5. The van der Waals surface area contributed by atoms with Crippen molar-refractivity contribution in [2.75, 3.05) is 34.4 Å². The van der Waals surface area contributed by atoms with Gasteiger partial charge in [-0.2, -0.15) is 0 Å². The van der Waals surface area contributed by atoms with Gasteiger partial charge in [0.15, 0.2) is 0 Å². The van der Waals surface area contributed by atoms with Crippen LogP contribution < -0.4 is 19.8 Å². The summed E-state index contributed by atoms with van der Waals surface area (Å²) in [4.78, 5) is 15.3. The van der Waals surface area contributed by atoms with E-state index in [0.717, 1.165) is 34.0 Å². The molecule has 0 amide bonds. The maximum atomic E-state index is 13.2. The lowest BCUT2D eigenvalue weighted by molar-refractivity contribution is 0.261. The molecule has 0 fully saturated rings. The van der Waals surface area contributed by atoms with Gasteiger partial charge in [0, 0.05) is 23.6 Å². The van der Waals surface area contributed by atoms with E-state index in [2.05, 4.69) is 4.90 Å². The van der Waals surface area contributed by atoms with Crippen molar-refractivity contribution in [3.8, 4) is 34.1 Å². The Hall–Kier alpha value is -4.29. The van der Waals surface area contributed by atoms with Crippen LogP contribution in [0, 0.1) is 0 Å². The van der Waals surface area contributed by atoms with Gasteiger partial charge in [-0.1, -0.05) is 42.5 Å². The number of likely N-dealkylation sites (N-methyl/N-ethyl adjacent to an activating group) is 1. The fourth-order valence-corrected chi connectivity index (χ4v) is 4.08. The van der Waals surface area contributed by atoms with Crippen LogP contribution in [0.25, 0.3) is 32.9 Å². The van der Waals surface area contributed by atoms with E-state index in [-0.39, 0.29) is 5.75 Å². The minimum absolute atomic E-state index is 0.129. The van der Waals surface area contributed by atoms with E-state index in [9.17, 15) is 4.79 Å². The monoisotopic (exact) mass is 481 g/mol. The first-order valence-corrected chi connectivity index (χ1v) is 11.7. The van der Waals surface area contributed by atoms with Crippen LogP contribution in [-0.4, -0.2) is 39.3 Å². The highest BCUT2D eigenvalue weighted by atomic mass is 16.5. The Morgan fingerprint density at radius 1 is 0.806 bits per heavy atom. The van der Waals surface area contributed by atoms with Gasteiger partial charge in [0.1, 0.15) is 29.4 Å². The van der Waals surface area contributed by atoms with Crippen molar-refractivity contribution >= 4 is 21.7 Å². The van der Waals surface area contributed by atoms with E-state index >= 15 is 0 Å². The average molecular weight is 482 g/mol. The van der Waals surface area contributed by atoms with Crippen molar-refractivity contribution in [1.29, 1.82) is 0 Å². The summed E-state index contributed by atoms with van der Waals surface area (Å²) in [5.41, 5.74) is 1.32. The van der Waals surface area contributed by atoms with Gasteiger partial charge in [0.05, 0.1) is 7.11 Å². The lowest BCUT2D eigenvalue weighted by atomic mass is 10.0. The van der Waals surface area contributed by atoms with Crippen LogP contribution in [0.3, 0.4) is 0 Å². The van der Waals surface area contributed by atoms with Crippen molar-refractivity contribution in [3.63, 3.8) is 0 Å². The molecular weight excluding hydrogens is 454 g/mol. The number of nitrogens with zero attached hydrogens (tertiary/aromatic N) is 1. The van der Waals surface area contributed by atoms with Crippen molar-refractivity contribution in [2.45, 2.75) is 0 Å². The van der Waals surface area contributed by atoms with Crippen LogP contribution in [0.2, 0.25) is 0 Å². The van der Waals surface area contributed by atoms with Gasteiger partial charge in [0.2, 0.25) is 5.75 Å². The standard InChI is InChI=1S/C30H27NO5/c1-31(2)16-17-34-23-11-9-21(10-12-23)28-26-15-14-24(33-3)19-27(26)36-30(32)29(28)35-25-13-8-20-6-4-5-7-22(20)18-25/h4-15,18-19H,16-17H2,1-3H3. The average Bonchev–Trinajstić information content (AvgIpc) is 2.89. The fourth-order valence-electron chi connectivity index (χ4n) is 4.08. The summed E-state index contributed by atoms with van der Waals surface area (Å²) in [6, 6.07) is 26.8. The van der Waals surface area contributed by atoms with Gasteiger partial charge in [-0.05, 0) is 66.8 Å². The number of hydrogen-bond donors (Lipinski definition) is 0. The normalized spacial score (nSPS) is 11.2. The number of ether oxygens (including phenoxy) is 3. The molecule has 36 heavy (non-hydrogen) atoms. The summed E-state index contributed by atoms with van der Waals surface area (Å²) in [6.07, 6.45) is 0. The third kappa shape index (κ3) is 4.90. The highest BCUT2D eigenvalue weighted by molar-refractivity contribution is 5.97. The third-order valence-electron chi connectivity index (χ3n) is 5.96. The zero-order valence-corrected chi connectivity index (χ0v) is 20.5. The van der Waals surface area contributed by atoms with Gasteiger partial charge >= 0.3 is 5.63 Å². The molecule has 5 aromatic rings. The summed E-state index contributed by atoms with van der Waals surface area (Å²) in [5, 5.41) is 2.85. The van der Waals surface area contributed by atoms with Crippen molar-refractivity contribution in [1.82, 2.24) is 4.90 Å². The van der Waals surface area contributed by atoms with Crippen LogP contribution in [0.1, 0.15) is 0 Å². The molecule has 0 aliphatic carbocycles. The smallest absolute Gasteiger partial charge is 0.380 e. The molecule has 0 saturated carbocycles. The van der Waals surface area contributed by atoms with Crippen molar-refractivity contribution in [3.05, 3.63) is 95.3 Å². The molecule has 0 aliphatic rings. The quantitative estimate of drug-likeness (QED) is 0.241. The summed E-state index contributed by atoms with van der Waals surface area (Å²) in [5.74, 6) is 2.04. The van der Waals surface area contributed by atoms with E-state index in [4.69, 9.17) is 18.6 Å². The second-order valence-electron chi connectivity index (χ2n) is 8.74. The van der Waals surface area contributed by atoms with Crippen LogP contribution in [0.4, 0.5) is 0 Å². The number of rotatable bonds is 8. The van der Waals surface area contributed by atoms with Gasteiger partial charge in [-0.25, -0.2) is 4.79 Å². The first-order chi connectivity index (χ1) is 17.5. The van der Waals surface area contributed by atoms with Gasteiger partial charge in [-0.3, -0.25) is 0 Å². The highest BCUT2D eigenvalue weighted by Crippen LogP contribution is 2.39. The minimum atomic E-state index is -0.565. The Morgan fingerprint density at radius 2 is 1.53 bits per heavy atom. The van der Waals surface area contributed by atoms with E-state index in [1.54, 1.807) is 13.2 Å². The predicted molar refractivity (Wildman–Crippen MR) is 143 cm³/mol. The van der Waals surface area contributed by atoms with E-state index in [1.807, 2.05) is 93.0 Å². The molecule has 6 nitrogen and oxygen atoms in total. The zero-order chi connectivity index (χ0) is 25.1. The van der Waals surface area contributed by atoms with Crippen LogP contribution in [-0.2, 0) is 0 Å². The molecule has 0 N–H and O–H groups in total. The molecule has 0 bridgehead atoms. The summed E-state index contributed by atoms with van der Waals surface area (Å²) in [6.45, 7) is 1.40. The minimum Gasteiger partial charge on any atom is -0.497 e. The molecule has 0 aliphatic heterocycles. The molecule has 1 heterocycles. The Kier molecular flexibility index (Phi) is 6.60. The molecule has 5 rings (SSSR count). The molecule has 6 heteroatoms. The molecule has 0 unspecified atom stereocenters. The fraction of sp³-hybridized carbons (Fsp3) is 0.167. The van der Waals surface area contributed by atoms with Crippen LogP contribution in [0.5, 0.6) is 23.0 Å². The highest BCUT2D eigenvalue weighted by Gasteiger charge is 2.19. The Bertz CT molecular complexity index is 1570. The topological polar surface area (TPSA) is 61.1 Å². The Balaban J connectivity index is 1.60. The largest absolute Gasteiger partial charge is 0.497 e. The summed E-state index contributed by atoms with van der Waals surface area (Å²) < 4.78 is 23.1. The molecule has 0 spiro atoms. The molecule has 0 atom stereocenters. The SMILES string of the molecule is COc1ccc2c(-c3ccc(OCCN(C)C)cc3)c(Oc3ccc4ccccc4c3)c(=O)oc2c1. The lowest BCUT2D eigenvalue weighted by Crippen LogP contribution is -2.19. The maximum Gasteiger partial charge on any atom is 0.380 e. The maximum absolute atomic E-state index is 13.2. The van der Waals surface area contributed by atoms with Crippen LogP contribution in [0.15, 0.2) is 94.1 Å². The van der Waals surface area contributed by atoms with Gasteiger partial charge in [-0.15, -0.1) is 0 Å². The number of benzene rings is 4. The Labute approximate surface area is 209 Å². The second kappa shape index (κ2) is 10.1. The molecule has 0 radical (unpaired) electrons.